The zero-order valence-electron chi connectivity index (χ0n) is 11.8. The predicted molar refractivity (Wildman–Crippen MR) is 83.0 cm³/mol. The average molecular weight is 294 g/mol. The molecule has 0 fully saturated rings. The zero-order valence-corrected chi connectivity index (χ0v) is 11.8. The van der Waals surface area contributed by atoms with Crippen molar-refractivity contribution < 1.29 is 4.92 Å². The Labute approximate surface area is 126 Å². The predicted octanol–water partition coefficient (Wildman–Crippen LogP) is 3.34. The molecule has 0 saturated carbocycles. The molecule has 0 bridgehead atoms. The second-order valence-electron chi connectivity index (χ2n) is 5.40. The van der Waals surface area contributed by atoms with E-state index in [2.05, 4.69) is 22.4 Å². The molecule has 0 radical (unpaired) electrons. The lowest BCUT2D eigenvalue weighted by atomic mass is 10.1. The van der Waals surface area contributed by atoms with Gasteiger partial charge in [0.05, 0.1) is 12.2 Å². The van der Waals surface area contributed by atoms with Gasteiger partial charge in [0, 0.05) is 6.07 Å². The first kappa shape index (κ1) is 12.8. The number of nitrogens with one attached hydrogen (secondary N) is 1. The van der Waals surface area contributed by atoms with Crippen LogP contribution in [0.5, 0.6) is 0 Å². The van der Waals surface area contributed by atoms with Crippen LogP contribution in [0.2, 0.25) is 0 Å². The highest BCUT2D eigenvalue weighted by molar-refractivity contribution is 5.63. The average Bonchev–Trinajstić information content (AvgIpc) is 3.09. The number of benzene rings is 1. The summed E-state index contributed by atoms with van der Waals surface area (Å²) in [5, 5.41) is 14.7. The van der Waals surface area contributed by atoms with E-state index >= 15 is 0 Å². The molecule has 0 spiro atoms. The van der Waals surface area contributed by atoms with Gasteiger partial charge in [0.25, 0.3) is 0 Å². The first-order valence-corrected chi connectivity index (χ1v) is 7.20. The largest absolute Gasteiger partial charge is 0.372 e. The first-order valence-electron chi connectivity index (χ1n) is 7.20. The number of hydrogen-bond acceptors (Lipinski definition) is 4. The van der Waals surface area contributed by atoms with E-state index in [0.717, 1.165) is 12.8 Å². The molecule has 1 N–H and O–H groups in total. The highest BCUT2D eigenvalue weighted by Crippen LogP contribution is 2.36. The van der Waals surface area contributed by atoms with Crippen molar-refractivity contribution >= 4 is 17.3 Å². The maximum Gasteiger partial charge on any atom is 0.372 e. The van der Waals surface area contributed by atoms with Crippen LogP contribution in [0.1, 0.15) is 23.6 Å². The minimum atomic E-state index is -0.386. The minimum Gasteiger partial charge on any atom is -0.358 e. The molecule has 0 saturated heterocycles. The summed E-state index contributed by atoms with van der Waals surface area (Å²) in [6.45, 7) is 0. The lowest BCUT2D eigenvalue weighted by Crippen LogP contribution is -2.09. The number of rotatable bonds is 3. The Hall–Kier alpha value is -2.89. The van der Waals surface area contributed by atoms with Crippen LogP contribution in [0.3, 0.4) is 0 Å². The number of aromatic nitrogens is 2. The van der Waals surface area contributed by atoms with Crippen LogP contribution in [0.4, 0.5) is 11.6 Å². The van der Waals surface area contributed by atoms with Gasteiger partial charge in [0.1, 0.15) is 0 Å². The number of aryl methyl sites for hydroxylation is 1. The number of fused-ring (bicyclic) bond motifs is 2. The molecule has 0 aliphatic heterocycles. The number of imidazole rings is 1. The van der Waals surface area contributed by atoms with Crippen molar-refractivity contribution in [1.29, 1.82) is 0 Å². The Morgan fingerprint density at radius 3 is 2.91 bits per heavy atom. The zero-order chi connectivity index (χ0) is 15.1. The third-order valence-electron chi connectivity index (χ3n) is 4.12. The normalized spacial score (nSPS) is 16.6. The van der Waals surface area contributed by atoms with Crippen molar-refractivity contribution in [3.8, 4) is 0 Å². The fourth-order valence-corrected chi connectivity index (χ4v) is 3.13. The van der Waals surface area contributed by atoms with Crippen molar-refractivity contribution in [3.05, 3.63) is 69.9 Å². The van der Waals surface area contributed by atoms with Gasteiger partial charge in [-0.25, -0.2) is 0 Å². The van der Waals surface area contributed by atoms with Crippen LogP contribution in [0, 0.1) is 10.1 Å². The highest BCUT2D eigenvalue weighted by Gasteiger charge is 2.28. The van der Waals surface area contributed by atoms with Crippen LogP contribution < -0.4 is 5.32 Å². The Bertz CT molecular complexity index is 871. The van der Waals surface area contributed by atoms with E-state index in [1.807, 2.05) is 18.2 Å². The van der Waals surface area contributed by atoms with E-state index < -0.39 is 0 Å². The fraction of sp³-hybridized carbons (Fsp3) is 0.188. The van der Waals surface area contributed by atoms with E-state index in [0.29, 0.717) is 11.5 Å². The van der Waals surface area contributed by atoms with Crippen molar-refractivity contribution in [1.82, 2.24) is 9.38 Å². The van der Waals surface area contributed by atoms with Crippen molar-refractivity contribution in [2.45, 2.75) is 18.9 Å². The topological polar surface area (TPSA) is 72.5 Å². The minimum absolute atomic E-state index is 0.0139. The number of hydrogen-bond donors (Lipinski definition) is 1. The van der Waals surface area contributed by atoms with Gasteiger partial charge in [0.15, 0.2) is 0 Å². The molecule has 1 aromatic carbocycles. The second-order valence-corrected chi connectivity index (χ2v) is 5.40. The Morgan fingerprint density at radius 2 is 2.05 bits per heavy atom. The summed E-state index contributed by atoms with van der Waals surface area (Å²) in [5.74, 6) is 0.317. The summed E-state index contributed by atoms with van der Waals surface area (Å²) in [4.78, 5) is 15.4. The molecule has 1 atom stereocenters. The Kier molecular flexibility index (Phi) is 2.82. The molecule has 110 valence electrons. The summed E-state index contributed by atoms with van der Waals surface area (Å²) in [6.07, 6.45) is 3.56. The van der Waals surface area contributed by atoms with Gasteiger partial charge in [-0.3, -0.25) is 0 Å². The van der Waals surface area contributed by atoms with Gasteiger partial charge in [-0.1, -0.05) is 30.3 Å². The quantitative estimate of drug-likeness (QED) is 0.594. The Morgan fingerprint density at radius 1 is 1.23 bits per heavy atom. The van der Waals surface area contributed by atoms with Crippen LogP contribution in [-0.4, -0.2) is 14.3 Å². The van der Waals surface area contributed by atoms with Gasteiger partial charge < -0.3 is 15.4 Å². The molecule has 1 unspecified atom stereocenters. The monoisotopic (exact) mass is 294 g/mol. The third kappa shape index (κ3) is 1.92. The van der Waals surface area contributed by atoms with Crippen molar-refractivity contribution in [2.75, 3.05) is 5.32 Å². The summed E-state index contributed by atoms with van der Waals surface area (Å²) in [5.41, 5.74) is 3.07. The van der Waals surface area contributed by atoms with E-state index in [-0.39, 0.29) is 16.8 Å². The van der Waals surface area contributed by atoms with E-state index in [1.165, 1.54) is 15.5 Å². The fourth-order valence-electron chi connectivity index (χ4n) is 3.13. The lowest BCUT2D eigenvalue weighted by Gasteiger charge is -2.13. The number of anilines is 1. The summed E-state index contributed by atoms with van der Waals surface area (Å²) in [7, 11) is 0. The van der Waals surface area contributed by atoms with Gasteiger partial charge >= 0.3 is 5.82 Å². The maximum absolute atomic E-state index is 11.4. The standard InChI is InChI=1S/C16H14N4O2/c21-20(22)16-15(18-14-7-3-4-10-19(14)16)17-13-9-8-11-5-1-2-6-12(11)13/h1-7,10,13,17H,8-9H2. The summed E-state index contributed by atoms with van der Waals surface area (Å²) < 4.78 is 1.50. The molecule has 6 heteroatoms. The molecule has 6 nitrogen and oxygen atoms in total. The molecule has 1 aliphatic rings. The molecule has 2 aromatic heterocycles. The van der Waals surface area contributed by atoms with Crippen LogP contribution in [-0.2, 0) is 6.42 Å². The van der Waals surface area contributed by atoms with Gasteiger partial charge in [-0.05, 0) is 35.0 Å². The van der Waals surface area contributed by atoms with Crippen molar-refractivity contribution in [2.24, 2.45) is 0 Å². The summed E-state index contributed by atoms with van der Waals surface area (Å²) in [6, 6.07) is 13.6. The molecule has 3 aromatic rings. The SMILES string of the molecule is O=[N+]([O-])c1c(NC2CCc3ccccc32)nc2ccccn12. The lowest BCUT2D eigenvalue weighted by molar-refractivity contribution is -0.389. The molecular weight excluding hydrogens is 280 g/mol. The molecule has 0 amide bonds. The second kappa shape index (κ2) is 4.84. The number of nitrogens with zero attached hydrogens (tertiary/aromatic N) is 3. The molecule has 22 heavy (non-hydrogen) atoms. The van der Waals surface area contributed by atoms with Crippen LogP contribution >= 0.6 is 0 Å². The Balaban J connectivity index is 1.76. The molecule has 4 rings (SSSR count). The smallest absolute Gasteiger partial charge is 0.358 e. The summed E-state index contributed by atoms with van der Waals surface area (Å²) >= 11 is 0. The maximum atomic E-state index is 11.4. The van der Waals surface area contributed by atoms with E-state index in [9.17, 15) is 10.1 Å². The molecule has 1 aliphatic carbocycles. The van der Waals surface area contributed by atoms with Gasteiger partial charge in [-0.15, -0.1) is 0 Å². The van der Waals surface area contributed by atoms with E-state index in [4.69, 9.17) is 0 Å². The number of pyridine rings is 1. The molecular formula is C16H14N4O2. The highest BCUT2D eigenvalue weighted by atomic mass is 16.6. The van der Waals surface area contributed by atoms with Crippen molar-refractivity contribution in [3.63, 3.8) is 0 Å². The molecule has 2 heterocycles. The van der Waals surface area contributed by atoms with Crippen LogP contribution in [0.15, 0.2) is 48.7 Å². The van der Waals surface area contributed by atoms with Crippen LogP contribution in [0.25, 0.3) is 5.65 Å². The third-order valence-corrected chi connectivity index (χ3v) is 4.12. The van der Waals surface area contributed by atoms with Gasteiger partial charge in [-0.2, -0.15) is 9.38 Å². The number of nitro groups is 1. The van der Waals surface area contributed by atoms with E-state index in [1.54, 1.807) is 18.3 Å². The van der Waals surface area contributed by atoms with Gasteiger partial charge in [0.2, 0.25) is 11.5 Å². The first-order chi connectivity index (χ1) is 10.7.